The molecule has 0 spiro atoms. The normalized spacial score (nSPS) is 13.2. The van der Waals surface area contributed by atoms with E-state index in [9.17, 15) is 4.79 Å². The zero-order chi connectivity index (χ0) is 18.8. The molecule has 0 bridgehead atoms. The number of fused-ring (bicyclic) bond motifs is 1. The van der Waals surface area contributed by atoms with E-state index in [1.54, 1.807) is 4.57 Å². The minimum atomic E-state index is -0.0969. The Bertz CT molecular complexity index is 1050. The highest BCUT2D eigenvalue weighted by Crippen LogP contribution is 2.28. The number of aromatic nitrogens is 3. The first-order valence-electron chi connectivity index (χ1n) is 9.24. The third-order valence-corrected chi connectivity index (χ3v) is 5.32. The summed E-state index contributed by atoms with van der Waals surface area (Å²) in [4.78, 5) is 12.7. The van der Waals surface area contributed by atoms with Crippen molar-refractivity contribution >= 4 is 23.8 Å². The average molecular weight is 379 g/mol. The predicted molar refractivity (Wildman–Crippen MR) is 109 cm³/mol. The van der Waals surface area contributed by atoms with Crippen LogP contribution < -0.4 is 5.32 Å². The molecule has 2 aromatic carbocycles. The van der Waals surface area contributed by atoms with Crippen molar-refractivity contribution in [3.8, 4) is 11.4 Å². The Labute approximate surface area is 163 Å². The fourth-order valence-corrected chi connectivity index (χ4v) is 3.90. The summed E-state index contributed by atoms with van der Waals surface area (Å²) in [7, 11) is 0. The van der Waals surface area contributed by atoms with Crippen molar-refractivity contribution in [3.63, 3.8) is 0 Å². The van der Waals surface area contributed by atoms with Crippen LogP contribution in [0.5, 0.6) is 0 Å². The maximum atomic E-state index is 12.7. The third kappa shape index (κ3) is 3.71. The molecule has 3 aromatic rings. The molecule has 1 aliphatic rings. The van der Waals surface area contributed by atoms with Gasteiger partial charge in [-0.05, 0) is 68.1 Å². The smallest absolute Gasteiger partial charge is 0.244 e. The van der Waals surface area contributed by atoms with E-state index in [1.807, 2.05) is 43.3 Å². The Morgan fingerprint density at radius 1 is 1.22 bits per heavy atom. The fraction of sp³-hybridized carbons (Fsp3) is 0.286. The summed E-state index contributed by atoms with van der Waals surface area (Å²) in [5.74, 6) is 0.578. The van der Waals surface area contributed by atoms with Gasteiger partial charge in [0.2, 0.25) is 5.91 Å². The van der Waals surface area contributed by atoms with Gasteiger partial charge in [-0.3, -0.25) is 14.5 Å². The predicted octanol–water partition coefficient (Wildman–Crippen LogP) is 4.43. The van der Waals surface area contributed by atoms with E-state index in [2.05, 4.69) is 21.6 Å². The molecular weight excluding hydrogens is 356 g/mol. The fourth-order valence-electron chi connectivity index (χ4n) is 3.70. The second-order valence-electron chi connectivity index (χ2n) is 7.01. The van der Waals surface area contributed by atoms with Gasteiger partial charge >= 0.3 is 0 Å². The van der Waals surface area contributed by atoms with Crippen LogP contribution in [0.1, 0.15) is 29.5 Å². The van der Waals surface area contributed by atoms with Crippen LogP contribution in [-0.2, 0) is 24.2 Å². The zero-order valence-corrected chi connectivity index (χ0v) is 16.1. The van der Waals surface area contributed by atoms with Crippen LogP contribution in [-0.4, -0.2) is 20.7 Å². The van der Waals surface area contributed by atoms with Crippen molar-refractivity contribution in [1.82, 2.24) is 14.8 Å². The lowest BCUT2D eigenvalue weighted by Crippen LogP contribution is -2.21. The largest absolute Gasteiger partial charge is 0.324 e. The maximum Gasteiger partial charge on any atom is 0.244 e. The number of anilines is 1. The van der Waals surface area contributed by atoms with Gasteiger partial charge in [-0.25, -0.2) is 0 Å². The summed E-state index contributed by atoms with van der Waals surface area (Å²) in [6.07, 6.45) is 4.49. The molecule has 0 saturated heterocycles. The number of carbonyl (C=O) groups is 1. The molecule has 0 fully saturated rings. The summed E-state index contributed by atoms with van der Waals surface area (Å²) in [5.41, 5.74) is 5.61. The van der Waals surface area contributed by atoms with Crippen molar-refractivity contribution in [3.05, 3.63) is 63.9 Å². The Morgan fingerprint density at radius 2 is 2.04 bits per heavy atom. The lowest BCUT2D eigenvalue weighted by molar-refractivity contribution is -0.116. The Hall–Kier alpha value is -2.73. The van der Waals surface area contributed by atoms with Gasteiger partial charge in [0.15, 0.2) is 10.6 Å². The summed E-state index contributed by atoms with van der Waals surface area (Å²) >= 11 is 5.35. The Kier molecular flexibility index (Phi) is 4.90. The molecule has 4 rings (SSSR count). The minimum absolute atomic E-state index is 0.0969. The molecule has 1 aromatic heterocycles. The van der Waals surface area contributed by atoms with Crippen molar-refractivity contribution < 1.29 is 4.79 Å². The lowest BCUT2D eigenvalue weighted by atomic mass is 9.90. The van der Waals surface area contributed by atoms with Crippen LogP contribution in [0.25, 0.3) is 11.4 Å². The van der Waals surface area contributed by atoms with E-state index in [1.165, 1.54) is 24.0 Å². The molecule has 2 N–H and O–H groups in total. The Balaban J connectivity index is 1.58. The third-order valence-electron chi connectivity index (χ3n) is 5.01. The van der Waals surface area contributed by atoms with Gasteiger partial charge in [0.25, 0.3) is 0 Å². The molecule has 0 radical (unpaired) electrons. The van der Waals surface area contributed by atoms with E-state index >= 15 is 0 Å². The highest BCUT2D eigenvalue weighted by atomic mass is 32.1. The Morgan fingerprint density at radius 3 is 2.89 bits per heavy atom. The van der Waals surface area contributed by atoms with Crippen molar-refractivity contribution in [1.29, 1.82) is 0 Å². The van der Waals surface area contributed by atoms with Crippen LogP contribution in [0.2, 0.25) is 0 Å². The van der Waals surface area contributed by atoms with E-state index in [0.717, 1.165) is 29.7 Å². The molecule has 0 unspecified atom stereocenters. The number of hydrogen-bond acceptors (Lipinski definition) is 3. The SMILES string of the molecule is Cc1cccc(-c2n[nH]c(=S)n2CC(=O)Nc2cccc3c2CCCC3)c1. The minimum Gasteiger partial charge on any atom is -0.324 e. The van der Waals surface area contributed by atoms with Gasteiger partial charge in [0.1, 0.15) is 6.54 Å². The summed E-state index contributed by atoms with van der Waals surface area (Å²) in [6.45, 7) is 2.16. The second kappa shape index (κ2) is 7.48. The molecular formula is C21H22N4OS. The molecule has 138 valence electrons. The second-order valence-corrected chi connectivity index (χ2v) is 7.39. The van der Waals surface area contributed by atoms with E-state index in [-0.39, 0.29) is 12.5 Å². The first-order valence-corrected chi connectivity index (χ1v) is 9.65. The van der Waals surface area contributed by atoms with Crippen LogP contribution >= 0.6 is 12.2 Å². The van der Waals surface area contributed by atoms with Gasteiger partial charge < -0.3 is 5.32 Å². The number of hydrogen-bond donors (Lipinski definition) is 2. The van der Waals surface area contributed by atoms with Crippen LogP contribution in [0.3, 0.4) is 0 Å². The standard InChI is InChI=1S/C21H22N4OS/c1-14-6-4-9-16(12-14)20-23-24-21(27)25(20)13-19(26)22-18-11-5-8-15-7-2-3-10-17(15)18/h4-6,8-9,11-12H,2-3,7,10,13H2,1H3,(H,22,26)(H,24,27). The quantitative estimate of drug-likeness (QED) is 0.660. The molecule has 6 heteroatoms. The number of rotatable bonds is 4. The van der Waals surface area contributed by atoms with E-state index in [0.29, 0.717) is 10.6 Å². The summed E-state index contributed by atoms with van der Waals surface area (Å²) in [5, 5.41) is 10.2. The van der Waals surface area contributed by atoms with Crippen LogP contribution in [0.15, 0.2) is 42.5 Å². The number of carbonyl (C=O) groups excluding carboxylic acids is 1. The summed E-state index contributed by atoms with van der Waals surface area (Å²) in [6, 6.07) is 14.2. The number of benzene rings is 2. The van der Waals surface area contributed by atoms with Gasteiger partial charge in [-0.2, -0.15) is 5.10 Å². The van der Waals surface area contributed by atoms with Gasteiger partial charge in [-0.15, -0.1) is 0 Å². The average Bonchev–Trinajstić information content (AvgIpc) is 3.02. The molecule has 1 heterocycles. The monoisotopic (exact) mass is 378 g/mol. The molecule has 1 amide bonds. The first kappa shape index (κ1) is 17.7. The van der Waals surface area contributed by atoms with E-state index in [4.69, 9.17) is 12.2 Å². The van der Waals surface area contributed by atoms with Crippen molar-refractivity contribution in [2.24, 2.45) is 0 Å². The zero-order valence-electron chi connectivity index (χ0n) is 15.3. The maximum absolute atomic E-state index is 12.7. The molecule has 1 aliphatic carbocycles. The van der Waals surface area contributed by atoms with Crippen LogP contribution in [0.4, 0.5) is 5.69 Å². The highest BCUT2D eigenvalue weighted by molar-refractivity contribution is 7.71. The van der Waals surface area contributed by atoms with Crippen molar-refractivity contribution in [2.45, 2.75) is 39.2 Å². The molecule has 27 heavy (non-hydrogen) atoms. The van der Waals surface area contributed by atoms with Crippen LogP contribution in [0, 0.1) is 11.7 Å². The number of nitrogens with one attached hydrogen (secondary N) is 2. The molecule has 0 saturated carbocycles. The first-order chi connectivity index (χ1) is 13.1. The number of H-pyrrole nitrogens is 1. The molecule has 5 nitrogen and oxygen atoms in total. The van der Waals surface area contributed by atoms with Crippen molar-refractivity contribution in [2.75, 3.05) is 5.32 Å². The number of aryl methyl sites for hydroxylation is 2. The number of nitrogens with zero attached hydrogens (tertiary/aromatic N) is 2. The van der Waals surface area contributed by atoms with Gasteiger partial charge in [0.05, 0.1) is 0 Å². The van der Waals surface area contributed by atoms with Gasteiger partial charge in [-0.1, -0.05) is 35.9 Å². The number of aromatic amines is 1. The number of amides is 1. The van der Waals surface area contributed by atoms with Gasteiger partial charge in [0, 0.05) is 11.3 Å². The molecule has 0 aliphatic heterocycles. The van der Waals surface area contributed by atoms with E-state index < -0.39 is 0 Å². The summed E-state index contributed by atoms with van der Waals surface area (Å²) < 4.78 is 2.19. The lowest BCUT2D eigenvalue weighted by Gasteiger charge is -2.19. The highest BCUT2D eigenvalue weighted by Gasteiger charge is 2.16. The topological polar surface area (TPSA) is 62.7 Å². The molecule has 0 atom stereocenters.